The first-order valence-electron chi connectivity index (χ1n) is 4.47. The van der Waals surface area contributed by atoms with Crippen molar-refractivity contribution < 1.29 is 16.5 Å². The number of rotatable bonds is 0. The molecule has 0 unspecified atom stereocenters. The summed E-state index contributed by atoms with van der Waals surface area (Å²) in [5.41, 5.74) is 0. The van der Waals surface area contributed by atoms with Crippen molar-refractivity contribution in [1.29, 1.82) is 0 Å². The topological polar surface area (TPSA) is 36.9 Å². The minimum Gasteiger partial charge on any atom is -0.425 e. The molecule has 0 bridgehead atoms. The van der Waals surface area contributed by atoms with Crippen LogP contribution in [0.15, 0.2) is 13.2 Å². The summed E-state index contributed by atoms with van der Waals surface area (Å²) in [5, 5.41) is 0. The van der Waals surface area contributed by atoms with E-state index < -0.39 is 37.1 Å². The molecule has 4 nitrogen and oxygen atoms in total. The average molecular weight is 301 g/mol. The minimum absolute atomic E-state index is 0. The van der Waals surface area contributed by atoms with Crippen molar-refractivity contribution in [3.63, 3.8) is 0 Å². The van der Waals surface area contributed by atoms with E-state index in [-0.39, 0.29) is 11.0 Å². The van der Waals surface area contributed by atoms with Gasteiger partial charge in [0.05, 0.1) is 0 Å². The quantitative estimate of drug-likeness (QED) is 0.417. The van der Waals surface area contributed by atoms with Crippen LogP contribution in [0.4, 0.5) is 0 Å². The molecule has 1 rings (SSSR count). The highest BCUT2D eigenvalue weighted by Gasteiger charge is 2.37. The summed E-state index contributed by atoms with van der Waals surface area (Å²) in [4.78, 5) is 0. The Bertz CT molecular complexity index is 161. The first-order chi connectivity index (χ1) is 6.41. The summed E-state index contributed by atoms with van der Waals surface area (Å²) in [6, 6.07) is 0. The maximum absolute atomic E-state index is 5.89. The zero-order valence-corrected chi connectivity index (χ0v) is 14.3. The predicted octanol–water partition coefficient (Wildman–Crippen LogP) is -1.18. The fraction of sp³-hybridized carbons (Fsp3) is 0.667. The lowest BCUT2D eigenvalue weighted by atomic mass is 11.3. The van der Waals surface area contributed by atoms with Crippen molar-refractivity contribution in [3.8, 4) is 0 Å². The standard InChI is InChI=1S/C4H16O4Si4.C2H4.H4Si/c1-11(2)6-9-5-10-7-12(3,4)8-11;1-2;/h9-10H2,1-4H3;1-2H2;1H4. The maximum Gasteiger partial charge on any atom is 0.313 e. The molecule has 0 N–H and O–H groups in total. The van der Waals surface area contributed by atoms with Crippen LogP contribution >= 0.6 is 0 Å². The third kappa shape index (κ3) is 8.47. The molecular formula is C6H24O4Si5. The van der Waals surface area contributed by atoms with Gasteiger partial charge in [0, 0.05) is 0 Å². The lowest BCUT2D eigenvalue weighted by Gasteiger charge is -2.35. The number of hydrogen-bond donors (Lipinski definition) is 0. The number of hydrogen-bond acceptors (Lipinski definition) is 4. The molecule has 92 valence electrons. The van der Waals surface area contributed by atoms with Crippen LogP contribution < -0.4 is 0 Å². The molecule has 0 aromatic rings. The van der Waals surface area contributed by atoms with Gasteiger partial charge in [-0.25, -0.2) is 0 Å². The Balaban J connectivity index is 0. The summed E-state index contributed by atoms with van der Waals surface area (Å²) in [6.45, 7) is 14.2. The van der Waals surface area contributed by atoms with Gasteiger partial charge in [0.2, 0.25) is 0 Å². The third-order valence-corrected chi connectivity index (χ3v) is 13.2. The fourth-order valence-electron chi connectivity index (χ4n) is 1.05. The SMILES string of the molecule is C=C.C[Si]1(C)O[SiH2]O[SiH2]O[Si](C)(C)O1.[SiH4]. The molecule has 0 aliphatic carbocycles. The van der Waals surface area contributed by atoms with Gasteiger partial charge in [0.25, 0.3) is 20.0 Å². The summed E-state index contributed by atoms with van der Waals surface area (Å²) in [7, 11) is -5.44. The van der Waals surface area contributed by atoms with Crippen molar-refractivity contribution in [1.82, 2.24) is 0 Å². The zero-order chi connectivity index (χ0) is 11.2. The highest BCUT2D eigenvalue weighted by molar-refractivity contribution is 6.82. The molecule has 9 heteroatoms. The highest BCUT2D eigenvalue weighted by atomic mass is 28.5. The molecule has 1 fully saturated rings. The Kier molecular flexibility index (Phi) is 9.45. The van der Waals surface area contributed by atoms with E-state index in [0.717, 1.165) is 0 Å². The second-order valence-electron chi connectivity index (χ2n) is 3.63. The zero-order valence-electron chi connectivity index (χ0n) is 9.46. The summed E-state index contributed by atoms with van der Waals surface area (Å²) >= 11 is 0. The molecule has 0 radical (unpaired) electrons. The largest absolute Gasteiger partial charge is 0.425 e. The van der Waals surface area contributed by atoms with Crippen LogP contribution in [0.5, 0.6) is 0 Å². The first-order valence-corrected chi connectivity index (χ1v) is 12.4. The lowest BCUT2D eigenvalue weighted by Crippen LogP contribution is -2.52. The van der Waals surface area contributed by atoms with Gasteiger partial charge in [0.1, 0.15) is 0 Å². The van der Waals surface area contributed by atoms with E-state index in [1.807, 2.05) is 26.2 Å². The van der Waals surface area contributed by atoms with E-state index in [1.165, 1.54) is 0 Å². The molecule has 0 atom stereocenters. The van der Waals surface area contributed by atoms with E-state index >= 15 is 0 Å². The molecule has 0 amide bonds. The van der Waals surface area contributed by atoms with Gasteiger partial charge < -0.3 is 16.5 Å². The molecule has 0 spiro atoms. The molecule has 0 aromatic carbocycles. The Morgan fingerprint density at radius 1 is 0.867 bits per heavy atom. The second-order valence-corrected chi connectivity index (χ2v) is 14.5. The normalized spacial score (nSPS) is 26.7. The Morgan fingerprint density at radius 2 is 1.20 bits per heavy atom. The Hall–Kier alpha value is 0.664. The van der Waals surface area contributed by atoms with Gasteiger partial charge in [-0.3, -0.25) is 0 Å². The van der Waals surface area contributed by atoms with Gasteiger partial charge in [-0.1, -0.05) is 0 Å². The van der Waals surface area contributed by atoms with Gasteiger partial charge in [-0.05, 0) is 37.2 Å². The van der Waals surface area contributed by atoms with Crippen molar-refractivity contribution in [2.75, 3.05) is 0 Å². The van der Waals surface area contributed by atoms with E-state index in [4.69, 9.17) is 16.5 Å². The molecule has 15 heavy (non-hydrogen) atoms. The van der Waals surface area contributed by atoms with Crippen LogP contribution in [0, 0.1) is 0 Å². The monoisotopic (exact) mass is 300 g/mol. The molecule has 0 aromatic heterocycles. The molecule has 1 aliphatic rings. The minimum atomic E-state index is -1.91. The Labute approximate surface area is 104 Å². The molecule has 1 aliphatic heterocycles. The van der Waals surface area contributed by atoms with Crippen LogP contribution in [0.3, 0.4) is 0 Å². The van der Waals surface area contributed by atoms with Crippen LogP contribution in [0.1, 0.15) is 0 Å². The van der Waals surface area contributed by atoms with E-state index in [0.29, 0.717) is 0 Å². The van der Waals surface area contributed by atoms with Crippen LogP contribution in [0.2, 0.25) is 26.2 Å². The van der Waals surface area contributed by atoms with Crippen molar-refractivity contribution in [2.45, 2.75) is 26.2 Å². The fourth-order valence-corrected chi connectivity index (χ4v) is 12.0. The second kappa shape index (κ2) is 7.86. The molecular weight excluding hydrogens is 276 g/mol. The summed E-state index contributed by atoms with van der Waals surface area (Å²) in [5.74, 6) is 0. The third-order valence-electron chi connectivity index (χ3n) is 1.47. The van der Waals surface area contributed by atoms with Gasteiger partial charge >= 0.3 is 17.1 Å². The average Bonchev–Trinajstić information content (AvgIpc) is 2.03. The smallest absolute Gasteiger partial charge is 0.313 e. The maximum atomic E-state index is 5.89. The molecule has 1 saturated heterocycles. The lowest BCUT2D eigenvalue weighted by molar-refractivity contribution is 0.286. The van der Waals surface area contributed by atoms with Crippen molar-refractivity contribution >= 4 is 48.1 Å². The van der Waals surface area contributed by atoms with Crippen LogP contribution in [-0.4, -0.2) is 48.1 Å². The predicted molar refractivity (Wildman–Crippen MR) is 79.0 cm³/mol. The highest BCUT2D eigenvalue weighted by Crippen LogP contribution is 2.17. The van der Waals surface area contributed by atoms with Gasteiger partial charge in [0.15, 0.2) is 0 Å². The summed E-state index contributed by atoms with van der Waals surface area (Å²) in [6.07, 6.45) is 0. The Morgan fingerprint density at radius 3 is 1.53 bits per heavy atom. The van der Waals surface area contributed by atoms with Crippen molar-refractivity contribution in [3.05, 3.63) is 13.2 Å². The van der Waals surface area contributed by atoms with Crippen LogP contribution in [-0.2, 0) is 16.5 Å². The summed E-state index contributed by atoms with van der Waals surface area (Å²) < 4.78 is 22.5. The first kappa shape index (κ1) is 18.0. The van der Waals surface area contributed by atoms with Crippen LogP contribution in [0.25, 0.3) is 0 Å². The molecule has 0 saturated carbocycles. The van der Waals surface area contributed by atoms with E-state index in [2.05, 4.69) is 13.2 Å². The van der Waals surface area contributed by atoms with E-state index in [1.54, 1.807) is 0 Å². The van der Waals surface area contributed by atoms with Crippen molar-refractivity contribution in [2.24, 2.45) is 0 Å². The van der Waals surface area contributed by atoms with Gasteiger partial charge in [-0.15, -0.1) is 13.2 Å². The molecule has 1 heterocycles. The van der Waals surface area contributed by atoms with Gasteiger partial charge in [-0.2, -0.15) is 0 Å². The van der Waals surface area contributed by atoms with E-state index in [9.17, 15) is 0 Å².